The fourth-order valence-corrected chi connectivity index (χ4v) is 5.36. The van der Waals surface area contributed by atoms with E-state index in [9.17, 15) is 8.42 Å². The summed E-state index contributed by atoms with van der Waals surface area (Å²) in [5, 5.41) is 1.04. The molecule has 0 unspecified atom stereocenters. The van der Waals surface area contributed by atoms with E-state index in [-0.39, 0.29) is 5.75 Å². The molecule has 0 bridgehead atoms. The first-order valence-corrected chi connectivity index (χ1v) is 12.4. The monoisotopic (exact) mass is 442 g/mol. The Kier molecular flexibility index (Phi) is 6.11. The summed E-state index contributed by atoms with van der Waals surface area (Å²) < 4.78 is 34.4. The van der Waals surface area contributed by atoms with Gasteiger partial charge in [0.05, 0.1) is 35.9 Å². The van der Waals surface area contributed by atoms with Crippen molar-refractivity contribution in [3.8, 4) is 11.3 Å². The van der Waals surface area contributed by atoms with Gasteiger partial charge in [0.1, 0.15) is 0 Å². The third-order valence-electron chi connectivity index (χ3n) is 5.68. The summed E-state index contributed by atoms with van der Waals surface area (Å²) >= 11 is 0. The summed E-state index contributed by atoms with van der Waals surface area (Å²) in [6.07, 6.45) is 0.576. The lowest BCUT2D eigenvalue weighted by Gasteiger charge is -2.28. The van der Waals surface area contributed by atoms with Crippen molar-refractivity contribution in [2.45, 2.75) is 26.8 Å². The number of nitrogens with one attached hydrogen (secondary N) is 1. The highest BCUT2D eigenvalue weighted by molar-refractivity contribution is 7.92. The van der Waals surface area contributed by atoms with Crippen LogP contribution in [0, 0.1) is 0 Å². The molecule has 1 saturated heterocycles. The van der Waals surface area contributed by atoms with Crippen molar-refractivity contribution < 1.29 is 13.2 Å². The molecule has 8 heteroatoms. The molecule has 166 valence electrons. The number of aromatic nitrogens is 1. The largest absolute Gasteiger partial charge is 0.396 e. The highest BCUT2D eigenvalue weighted by Gasteiger charge is 2.19. The van der Waals surface area contributed by atoms with Crippen LogP contribution >= 0.6 is 0 Å². The molecule has 0 saturated carbocycles. The van der Waals surface area contributed by atoms with Gasteiger partial charge in [0.2, 0.25) is 10.0 Å². The van der Waals surface area contributed by atoms with Crippen molar-refractivity contribution in [2.24, 2.45) is 0 Å². The van der Waals surface area contributed by atoms with Gasteiger partial charge in [-0.15, -0.1) is 0 Å². The number of nitrogens with two attached hydrogens (primary N) is 1. The van der Waals surface area contributed by atoms with E-state index < -0.39 is 10.0 Å². The summed E-state index contributed by atoms with van der Waals surface area (Å²) in [5.41, 5.74) is 12.1. The fraction of sp³-hybridized carbons (Fsp3) is 0.391. The molecule has 1 aromatic heterocycles. The van der Waals surface area contributed by atoms with E-state index in [1.54, 1.807) is 12.1 Å². The van der Waals surface area contributed by atoms with Crippen LogP contribution in [0.1, 0.15) is 20.3 Å². The van der Waals surface area contributed by atoms with Gasteiger partial charge < -0.3 is 19.9 Å². The van der Waals surface area contributed by atoms with E-state index in [2.05, 4.69) is 39.3 Å². The maximum absolute atomic E-state index is 12.0. The van der Waals surface area contributed by atoms with Gasteiger partial charge in [-0.05, 0) is 43.7 Å². The predicted molar refractivity (Wildman–Crippen MR) is 128 cm³/mol. The lowest BCUT2D eigenvalue weighted by atomic mass is 10.1. The van der Waals surface area contributed by atoms with E-state index in [0.717, 1.165) is 66.4 Å². The van der Waals surface area contributed by atoms with Crippen LogP contribution in [0.15, 0.2) is 42.5 Å². The van der Waals surface area contributed by atoms with Crippen molar-refractivity contribution >= 4 is 38.0 Å². The van der Waals surface area contributed by atoms with E-state index in [0.29, 0.717) is 12.1 Å². The number of rotatable bonds is 7. The molecule has 0 aliphatic carbocycles. The molecular weight excluding hydrogens is 412 g/mol. The minimum atomic E-state index is -3.31. The van der Waals surface area contributed by atoms with Crippen LogP contribution in [0.2, 0.25) is 0 Å². The minimum absolute atomic E-state index is 0.108. The van der Waals surface area contributed by atoms with Crippen molar-refractivity contribution in [3.63, 3.8) is 0 Å². The van der Waals surface area contributed by atoms with E-state index >= 15 is 0 Å². The van der Waals surface area contributed by atoms with Crippen LogP contribution < -0.4 is 15.4 Å². The Morgan fingerprint density at radius 2 is 1.77 bits per heavy atom. The molecule has 0 spiro atoms. The molecule has 1 aliphatic heterocycles. The first-order chi connectivity index (χ1) is 14.9. The Morgan fingerprint density at radius 3 is 2.42 bits per heavy atom. The zero-order valence-electron chi connectivity index (χ0n) is 18.1. The molecule has 7 nitrogen and oxygen atoms in total. The average molecular weight is 443 g/mol. The van der Waals surface area contributed by atoms with E-state index in [1.807, 2.05) is 19.1 Å². The minimum Gasteiger partial charge on any atom is -0.396 e. The molecule has 0 radical (unpaired) electrons. The molecule has 3 N–H and O–H groups in total. The molecule has 2 heterocycles. The van der Waals surface area contributed by atoms with Gasteiger partial charge >= 0.3 is 0 Å². The lowest BCUT2D eigenvalue weighted by Crippen LogP contribution is -2.36. The van der Waals surface area contributed by atoms with Gasteiger partial charge in [0.25, 0.3) is 0 Å². The van der Waals surface area contributed by atoms with Crippen LogP contribution in [0.4, 0.5) is 17.1 Å². The Hall–Kier alpha value is -2.71. The second-order valence-corrected chi connectivity index (χ2v) is 9.65. The van der Waals surface area contributed by atoms with Crippen molar-refractivity contribution in [1.82, 2.24) is 4.57 Å². The van der Waals surface area contributed by atoms with Crippen molar-refractivity contribution in [3.05, 3.63) is 42.5 Å². The molecule has 2 aromatic carbocycles. The Labute approximate surface area is 183 Å². The van der Waals surface area contributed by atoms with Crippen molar-refractivity contribution in [2.75, 3.05) is 47.4 Å². The third kappa shape index (κ3) is 4.36. The molecule has 1 aliphatic rings. The average Bonchev–Trinajstić information content (AvgIpc) is 3.05. The first-order valence-electron chi connectivity index (χ1n) is 10.8. The maximum Gasteiger partial charge on any atom is 0.232 e. The summed E-state index contributed by atoms with van der Waals surface area (Å²) in [5.74, 6) is 0.108. The number of ether oxygens (including phenoxy) is 1. The first kappa shape index (κ1) is 21.5. The Morgan fingerprint density at radius 1 is 1.06 bits per heavy atom. The summed E-state index contributed by atoms with van der Waals surface area (Å²) in [4.78, 5) is 2.32. The number of aryl methyl sites for hydroxylation is 1. The lowest BCUT2D eigenvalue weighted by molar-refractivity contribution is 0.122. The Balaban J connectivity index is 1.70. The summed E-state index contributed by atoms with van der Waals surface area (Å²) in [7, 11) is -3.31. The van der Waals surface area contributed by atoms with Gasteiger partial charge in [-0.25, -0.2) is 8.42 Å². The topological polar surface area (TPSA) is 89.6 Å². The zero-order chi connectivity index (χ0) is 22.0. The molecule has 1 fully saturated rings. The third-order valence-corrected chi connectivity index (χ3v) is 7.18. The molecule has 4 rings (SSSR count). The fourth-order valence-electron chi connectivity index (χ4n) is 4.22. The van der Waals surface area contributed by atoms with Gasteiger partial charge in [-0.2, -0.15) is 0 Å². The molecule has 31 heavy (non-hydrogen) atoms. The van der Waals surface area contributed by atoms with Crippen LogP contribution in [-0.2, 0) is 21.3 Å². The number of benzene rings is 2. The predicted octanol–water partition coefficient (Wildman–Crippen LogP) is 3.90. The number of morpholine rings is 1. The number of anilines is 3. The van der Waals surface area contributed by atoms with E-state index in [4.69, 9.17) is 10.5 Å². The SMILES string of the molecule is CCCS(=O)(=O)Nc1ccc(-c2c(N)c3cc(N4CCOCC4)ccc3n2CC)cc1. The molecular formula is C23H30N4O3S. The standard InChI is InChI=1S/C23H30N4O3S/c1-3-15-31(28,29)25-18-7-5-17(6-8-18)23-22(24)20-16-19(26-11-13-30-14-12-26)9-10-21(20)27(23)4-2/h5-10,16,25H,3-4,11-15,24H2,1-2H3. The molecule has 3 aromatic rings. The molecule has 0 atom stereocenters. The Bertz CT molecular complexity index is 1160. The van der Waals surface area contributed by atoms with Crippen LogP contribution in [0.5, 0.6) is 0 Å². The number of hydrogen-bond acceptors (Lipinski definition) is 5. The highest BCUT2D eigenvalue weighted by atomic mass is 32.2. The van der Waals surface area contributed by atoms with Crippen LogP contribution in [-0.4, -0.2) is 45.0 Å². The van der Waals surface area contributed by atoms with E-state index in [1.165, 1.54) is 0 Å². The second kappa shape index (κ2) is 8.80. The summed E-state index contributed by atoms with van der Waals surface area (Å²) in [6, 6.07) is 13.9. The zero-order valence-corrected chi connectivity index (χ0v) is 18.9. The normalized spacial score (nSPS) is 14.8. The number of nitrogens with zero attached hydrogens (tertiary/aromatic N) is 2. The highest BCUT2D eigenvalue weighted by Crippen LogP contribution is 2.38. The number of fused-ring (bicyclic) bond motifs is 1. The van der Waals surface area contributed by atoms with Crippen molar-refractivity contribution in [1.29, 1.82) is 0 Å². The van der Waals surface area contributed by atoms with Crippen LogP contribution in [0.25, 0.3) is 22.2 Å². The maximum atomic E-state index is 12.0. The van der Waals surface area contributed by atoms with Gasteiger partial charge in [-0.3, -0.25) is 4.72 Å². The second-order valence-electron chi connectivity index (χ2n) is 7.81. The van der Waals surface area contributed by atoms with Gasteiger partial charge in [0.15, 0.2) is 0 Å². The van der Waals surface area contributed by atoms with Gasteiger partial charge in [-0.1, -0.05) is 19.1 Å². The number of nitrogen functional groups attached to an aromatic ring is 1. The number of sulfonamides is 1. The molecule has 0 amide bonds. The smallest absolute Gasteiger partial charge is 0.232 e. The van der Waals surface area contributed by atoms with Gasteiger partial charge in [0, 0.05) is 42.0 Å². The number of hydrogen-bond donors (Lipinski definition) is 2. The van der Waals surface area contributed by atoms with Crippen LogP contribution in [0.3, 0.4) is 0 Å². The quantitative estimate of drug-likeness (QED) is 0.579. The summed E-state index contributed by atoms with van der Waals surface area (Å²) in [6.45, 7) is 7.96.